The smallest absolute Gasteiger partial charge is 0.192 e. The van der Waals surface area contributed by atoms with Gasteiger partial charge in [0.05, 0.1) is 18.8 Å². The van der Waals surface area contributed by atoms with Crippen LogP contribution in [0.5, 0.6) is 5.75 Å². The Labute approximate surface area is 93.3 Å². The number of aromatic hydroxyl groups is 1. The summed E-state index contributed by atoms with van der Waals surface area (Å²) in [5.74, 6) is -1.01. The van der Waals surface area contributed by atoms with Crippen LogP contribution < -0.4 is 5.73 Å². The van der Waals surface area contributed by atoms with Crippen LogP contribution in [0.3, 0.4) is 0 Å². The van der Waals surface area contributed by atoms with E-state index < -0.39 is 5.79 Å². The molecule has 1 aromatic carbocycles. The first-order valence-electron chi connectivity index (χ1n) is 4.99. The SMILES string of the molecule is CC1(c2ccc(C(=N)N)c(O)c2)OCCO1. The van der Waals surface area contributed by atoms with Gasteiger partial charge in [0, 0.05) is 5.56 Å². The zero-order valence-corrected chi connectivity index (χ0v) is 8.99. The van der Waals surface area contributed by atoms with Gasteiger partial charge in [0.25, 0.3) is 0 Å². The van der Waals surface area contributed by atoms with Crippen LogP contribution in [0.4, 0.5) is 0 Å². The van der Waals surface area contributed by atoms with Crippen LogP contribution in [0.25, 0.3) is 0 Å². The molecule has 0 spiro atoms. The van der Waals surface area contributed by atoms with Gasteiger partial charge in [-0.1, -0.05) is 6.07 Å². The van der Waals surface area contributed by atoms with E-state index in [4.69, 9.17) is 20.6 Å². The van der Waals surface area contributed by atoms with Crippen LogP contribution in [0.2, 0.25) is 0 Å². The molecule has 86 valence electrons. The molecule has 0 radical (unpaired) electrons. The fraction of sp³-hybridized carbons (Fsp3) is 0.364. The highest BCUT2D eigenvalue weighted by atomic mass is 16.7. The molecule has 1 aliphatic rings. The number of phenolic OH excluding ortho intramolecular Hbond substituents is 1. The number of hydrogen-bond donors (Lipinski definition) is 3. The first-order chi connectivity index (χ1) is 7.53. The fourth-order valence-electron chi connectivity index (χ4n) is 1.72. The third kappa shape index (κ3) is 1.75. The Morgan fingerprint density at radius 1 is 1.44 bits per heavy atom. The van der Waals surface area contributed by atoms with Gasteiger partial charge in [0.2, 0.25) is 0 Å². The standard InChI is InChI=1S/C11H14N2O3/c1-11(15-4-5-16-11)7-2-3-8(10(12)13)9(14)6-7/h2-3,6,14H,4-5H2,1H3,(H3,12,13). The largest absolute Gasteiger partial charge is 0.507 e. The van der Waals surface area contributed by atoms with Gasteiger partial charge in [-0.2, -0.15) is 0 Å². The molecule has 0 saturated carbocycles. The maximum atomic E-state index is 9.70. The van der Waals surface area contributed by atoms with Gasteiger partial charge < -0.3 is 20.3 Å². The number of hydrogen-bond acceptors (Lipinski definition) is 4. The molecule has 0 aliphatic carbocycles. The second kappa shape index (κ2) is 3.77. The molecule has 0 unspecified atom stereocenters. The quantitative estimate of drug-likeness (QED) is 0.512. The lowest BCUT2D eigenvalue weighted by Crippen LogP contribution is -2.22. The summed E-state index contributed by atoms with van der Waals surface area (Å²) in [6, 6.07) is 4.84. The number of ether oxygens (including phenoxy) is 2. The molecule has 0 amide bonds. The van der Waals surface area contributed by atoms with Crippen molar-refractivity contribution in [2.24, 2.45) is 5.73 Å². The molecule has 16 heavy (non-hydrogen) atoms. The van der Waals surface area contributed by atoms with Crippen molar-refractivity contribution in [2.45, 2.75) is 12.7 Å². The van der Waals surface area contributed by atoms with Crippen molar-refractivity contribution in [2.75, 3.05) is 13.2 Å². The van der Waals surface area contributed by atoms with E-state index in [1.165, 1.54) is 6.07 Å². The second-order valence-electron chi connectivity index (χ2n) is 3.79. The minimum Gasteiger partial charge on any atom is -0.507 e. The Morgan fingerprint density at radius 2 is 2.06 bits per heavy atom. The summed E-state index contributed by atoms with van der Waals surface area (Å²) in [6.45, 7) is 2.86. The molecule has 1 aromatic rings. The van der Waals surface area contributed by atoms with E-state index in [1.54, 1.807) is 19.1 Å². The summed E-state index contributed by atoms with van der Waals surface area (Å²) in [4.78, 5) is 0. The summed E-state index contributed by atoms with van der Waals surface area (Å²) < 4.78 is 10.9. The number of nitrogen functional groups attached to an aromatic ring is 1. The highest BCUT2D eigenvalue weighted by Gasteiger charge is 2.33. The van der Waals surface area contributed by atoms with Crippen molar-refractivity contribution in [3.63, 3.8) is 0 Å². The summed E-state index contributed by atoms with van der Waals surface area (Å²) in [5.41, 5.74) is 6.34. The number of nitrogens with two attached hydrogens (primary N) is 1. The number of rotatable bonds is 2. The monoisotopic (exact) mass is 222 g/mol. The molecule has 1 fully saturated rings. The summed E-state index contributed by atoms with van der Waals surface area (Å²) in [5, 5.41) is 17.0. The van der Waals surface area contributed by atoms with Gasteiger partial charge in [0.15, 0.2) is 5.79 Å². The predicted octanol–water partition coefficient (Wildman–Crippen LogP) is 0.896. The molecular weight excluding hydrogens is 208 g/mol. The van der Waals surface area contributed by atoms with Crippen molar-refractivity contribution >= 4 is 5.84 Å². The predicted molar refractivity (Wildman–Crippen MR) is 58.4 cm³/mol. The lowest BCUT2D eigenvalue weighted by atomic mass is 10.0. The summed E-state index contributed by atoms with van der Waals surface area (Å²) >= 11 is 0. The van der Waals surface area contributed by atoms with Crippen molar-refractivity contribution in [1.29, 1.82) is 5.41 Å². The normalized spacial score (nSPS) is 18.6. The van der Waals surface area contributed by atoms with Gasteiger partial charge in [-0.25, -0.2) is 0 Å². The average molecular weight is 222 g/mol. The van der Waals surface area contributed by atoms with Crippen molar-refractivity contribution in [1.82, 2.24) is 0 Å². The highest BCUT2D eigenvalue weighted by molar-refractivity contribution is 5.97. The molecule has 1 saturated heterocycles. The third-order valence-electron chi connectivity index (χ3n) is 2.65. The zero-order chi connectivity index (χ0) is 11.8. The maximum absolute atomic E-state index is 9.70. The zero-order valence-electron chi connectivity index (χ0n) is 8.99. The Balaban J connectivity index is 2.37. The molecule has 1 aliphatic heterocycles. The van der Waals surface area contributed by atoms with Crippen molar-refractivity contribution in [3.05, 3.63) is 29.3 Å². The van der Waals surface area contributed by atoms with E-state index >= 15 is 0 Å². The average Bonchev–Trinajstić information content (AvgIpc) is 2.66. The Morgan fingerprint density at radius 3 is 2.56 bits per heavy atom. The molecule has 5 heteroatoms. The first-order valence-corrected chi connectivity index (χ1v) is 4.99. The van der Waals surface area contributed by atoms with Gasteiger partial charge in [0.1, 0.15) is 11.6 Å². The van der Waals surface area contributed by atoms with Crippen LogP contribution in [0, 0.1) is 5.41 Å². The van der Waals surface area contributed by atoms with Crippen LogP contribution >= 0.6 is 0 Å². The minimum absolute atomic E-state index is 0.0367. The fourth-order valence-corrected chi connectivity index (χ4v) is 1.72. The Hall–Kier alpha value is -1.59. The molecule has 0 atom stereocenters. The lowest BCUT2D eigenvalue weighted by molar-refractivity contribution is -0.149. The summed E-state index contributed by atoms with van der Waals surface area (Å²) in [7, 11) is 0. The van der Waals surface area contributed by atoms with Gasteiger partial charge >= 0.3 is 0 Å². The van der Waals surface area contributed by atoms with E-state index in [0.29, 0.717) is 24.3 Å². The van der Waals surface area contributed by atoms with E-state index in [9.17, 15) is 5.11 Å². The van der Waals surface area contributed by atoms with Gasteiger partial charge in [-0.15, -0.1) is 0 Å². The van der Waals surface area contributed by atoms with E-state index in [0.717, 1.165) is 0 Å². The molecule has 0 bridgehead atoms. The number of benzene rings is 1. The second-order valence-corrected chi connectivity index (χ2v) is 3.79. The number of nitrogens with one attached hydrogen (secondary N) is 1. The summed E-state index contributed by atoms with van der Waals surface area (Å²) in [6.07, 6.45) is 0. The molecule has 5 nitrogen and oxygen atoms in total. The van der Waals surface area contributed by atoms with Gasteiger partial charge in [-0.05, 0) is 19.1 Å². The molecular formula is C11H14N2O3. The first kappa shape index (κ1) is 10.9. The van der Waals surface area contributed by atoms with E-state index in [2.05, 4.69) is 0 Å². The molecule has 4 N–H and O–H groups in total. The van der Waals surface area contributed by atoms with E-state index in [-0.39, 0.29) is 11.6 Å². The topological polar surface area (TPSA) is 88.6 Å². The highest BCUT2D eigenvalue weighted by Crippen LogP contribution is 2.33. The molecule has 1 heterocycles. The lowest BCUT2D eigenvalue weighted by Gasteiger charge is -2.23. The van der Waals surface area contributed by atoms with Crippen LogP contribution in [0.15, 0.2) is 18.2 Å². The minimum atomic E-state index is -0.813. The van der Waals surface area contributed by atoms with Crippen LogP contribution in [0.1, 0.15) is 18.1 Å². The van der Waals surface area contributed by atoms with Crippen LogP contribution in [-0.4, -0.2) is 24.2 Å². The van der Waals surface area contributed by atoms with Crippen LogP contribution in [-0.2, 0) is 15.3 Å². The number of amidine groups is 1. The van der Waals surface area contributed by atoms with Gasteiger partial charge in [-0.3, -0.25) is 5.41 Å². The molecule has 2 rings (SSSR count). The molecule has 0 aromatic heterocycles. The Kier molecular flexibility index (Phi) is 2.57. The maximum Gasteiger partial charge on any atom is 0.192 e. The number of phenols is 1. The third-order valence-corrected chi connectivity index (χ3v) is 2.65. The van der Waals surface area contributed by atoms with Crippen molar-refractivity contribution in [3.8, 4) is 5.75 Å². The van der Waals surface area contributed by atoms with E-state index in [1.807, 2.05) is 0 Å². The Bertz CT molecular complexity index is 425. The van der Waals surface area contributed by atoms with Crippen molar-refractivity contribution < 1.29 is 14.6 Å².